The molecule has 2 N–H and O–H groups in total. The number of halogens is 2. The van der Waals surface area contributed by atoms with Crippen LogP contribution in [0.1, 0.15) is 29.8 Å². The number of hydrazine groups is 1. The molecule has 23 heavy (non-hydrogen) atoms. The Hall–Kier alpha value is -0.870. The molecule has 0 unspecified atom stereocenters. The third-order valence-electron chi connectivity index (χ3n) is 2.96. The lowest BCUT2D eigenvalue weighted by Crippen LogP contribution is -2.41. The number of hydrogen-bond donors (Lipinski definition) is 2. The summed E-state index contributed by atoms with van der Waals surface area (Å²) in [6.45, 7) is 4.44. The molecule has 0 aliphatic carbocycles. The molecule has 4 nitrogen and oxygen atoms in total. The number of hydrogen-bond acceptors (Lipinski definition) is 3. The SMILES string of the molecule is CC(C)NNC(=O)c1cc(I)c(OCc2ccccc2)c(I)c1. The first kappa shape index (κ1) is 18.5. The molecule has 0 atom stereocenters. The van der Waals surface area contributed by atoms with Gasteiger partial charge in [0.15, 0.2) is 0 Å². The van der Waals surface area contributed by atoms with E-state index in [9.17, 15) is 4.79 Å². The van der Waals surface area contributed by atoms with E-state index in [1.54, 1.807) is 0 Å². The van der Waals surface area contributed by atoms with E-state index in [-0.39, 0.29) is 11.9 Å². The molecule has 0 aromatic heterocycles. The molecule has 0 heterocycles. The van der Waals surface area contributed by atoms with Crippen molar-refractivity contribution in [2.75, 3.05) is 0 Å². The minimum Gasteiger partial charge on any atom is -0.487 e. The Morgan fingerprint density at radius 3 is 2.30 bits per heavy atom. The molecule has 0 aliphatic heterocycles. The summed E-state index contributed by atoms with van der Waals surface area (Å²) in [5.74, 6) is 0.660. The van der Waals surface area contributed by atoms with E-state index in [0.717, 1.165) is 18.5 Å². The van der Waals surface area contributed by atoms with Crippen molar-refractivity contribution >= 4 is 51.1 Å². The third-order valence-corrected chi connectivity index (χ3v) is 4.56. The van der Waals surface area contributed by atoms with E-state index in [1.807, 2.05) is 56.3 Å². The number of nitrogens with one attached hydrogen (secondary N) is 2. The van der Waals surface area contributed by atoms with E-state index >= 15 is 0 Å². The Kier molecular flexibility index (Phi) is 7.09. The second-order valence-corrected chi connectivity index (χ2v) is 7.62. The number of rotatable bonds is 6. The highest BCUT2D eigenvalue weighted by molar-refractivity contribution is 14.1. The van der Waals surface area contributed by atoms with Crippen LogP contribution in [0.2, 0.25) is 0 Å². The predicted octanol–water partition coefficient (Wildman–Crippen LogP) is 4.12. The first-order valence-corrected chi connectivity index (χ1v) is 9.34. The Bertz CT molecular complexity index is 653. The summed E-state index contributed by atoms with van der Waals surface area (Å²) in [5.41, 5.74) is 7.33. The van der Waals surface area contributed by atoms with Gasteiger partial charge >= 0.3 is 0 Å². The smallest absolute Gasteiger partial charge is 0.265 e. The number of benzene rings is 2. The normalized spacial score (nSPS) is 10.7. The summed E-state index contributed by atoms with van der Waals surface area (Å²) in [4.78, 5) is 12.1. The average Bonchev–Trinajstić information content (AvgIpc) is 2.52. The van der Waals surface area contributed by atoms with E-state index in [1.165, 1.54) is 0 Å². The van der Waals surface area contributed by atoms with Crippen LogP contribution in [-0.4, -0.2) is 11.9 Å². The van der Waals surface area contributed by atoms with Crippen molar-refractivity contribution in [3.63, 3.8) is 0 Å². The second kappa shape index (κ2) is 8.84. The summed E-state index contributed by atoms with van der Waals surface area (Å²) in [7, 11) is 0. The summed E-state index contributed by atoms with van der Waals surface area (Å²) in [6, 6.07) is 13.9. The molecule has 0 aliphatic rings. The maximum atomic E-state index is 12.1. The number of carbonyl (C=O) groups is 1. The number of ether oxygens (including phenoxy) is 1. The molecule has 0 spiro atoms. The lowest BCUT2D eigenvalue weighted by molar-refractivity contribution is 0.0927. The molecule has 0 fully saturated rings. The molecule has 122 valence electrons. The molecule has 1 amide bonds. The van der Waals surface area contributed by atoms with Gasteiger partial charge in [-0.15, -0.1) is 0 Å². The highest BCUT2D eigenvalue weighted by Gasteiger charge is 2.13. The molecular weight excluding hydrogens is 518 g/mol. The Morgan fingerprint density at radius 1 is 1.13 bits per heavy atom. The monoisotopic (exact) mass is 536 g/mol. The van der Waals surface area contributed by atoms with Crippen LogP contribution >= 0.6 is 45.2 Å². The molecule has 0 saturated heterocycles. The Balaban J connectivity index is 2.09. The highest BCUT2D eigenvalue weighted by atomic mass is 127. The Morgan fingerprint density at radius 2 is 1.74 bits per heavy atom. The van der Waals surface area contributed by atoms with Gasteiger partial charge in [-0.1, -0.05) is 30.3 Å². The summed E-state index contributed by atoms with van der Waals surface area (Å²) in [5, 5.41) is 0. The lowest BCUT2D eigenvalue weighted by atomic mass is 10.2. The van der Waals surface area contributed by atoms with Crippen LogP contribution in [-0.2, 0) is 6.61 Å². The standard InChI is InChI=1S/C17H18I2N2O2/c1-11(2)20-21-17(22)13-8-14(18)16(15(19)9-13)23-10-12-6-4-3-5-7-12/h3-9,11,20H,10H2,1-2H3,(H,21,22). The molecule has 2 aromatic carbocycles. The fraction of sp³-hybridized carbons (Fsp3) is 0.235. The zero-order chi connectivity index (χ0) is 16.8. The van der Waals surface area contributed by atoms with E-state index in [4.69, 9.17) is 4.74 Å². The van der Waals surface area contributed by atoms with E-state index < -0.39 is 0 Å². The van der Waals surface area contributed by atoms with Gasteiger partial charge in [-0.05, 0) is 76.7 Å². The zero-order valence-corrected chi connectivity index (χ0v) is 17.2. The topological polar surface area (TPSA) is 50.4 Å². The van der Waals surface area contributed by atoms with Gasteiger partial charge in [0.2, 0.25) is 0 Å². The van der Waals surface area contributed by atoms with Gasteiger partial charge < -0.3 is 4.74 Å². The zero-order valence-electron chi connectivity index (χ0n) is 12.9. The van der Waals surface area contributed by atoms with Crippen molar-refractivity contribution in [1.82, 2.24) is 10.9 Å². The minimum atomic E-state index is -0.149. The van der Waals surface area contributed by atoms with Crippen LogP contribution in [0.3, 0.4) is 0 Å². The van der Waals surface area contributed by atoms with Crippen LogP contribution in [0.25, 0.3) is 0 Å². The molecule has 6 heteroatoms. The van der Waals surface area contributed by atoms with Crippen LogP contribution in [0.5, 0.6) is 5.75 Å². The fourth-order valence-electron chi connectivity index (χ4n) is 1.84. The van der Waals surface area contributed by atoms with Crippen molar-refractivity contribution in [2.24, 2.45) is 0 Å². The first-order valence-electron chi connectivity index (χ1n) is 7.19. The average molecular weight is 536 g/mol. The van der Waals surface area contributed by atoms with E-state index in [2.05, 4.69) is 56.0 Å². The molecule has 2 aromatic rings. The fourth-order valence-corrected chi connectivity index (χ4v) is 3.92. The highest BCUT2D eigenvalue weighted by Crippen LogP contribution is 2.29. The van der Waals surface area contributed by atoms with Crippen LogP contribution < -0.4 is 15.6 Å². The number of carbonyl (C=O) groups excluding carboxylic acids is 1. The maximum absolute atomic E-state index is 12.1. The summed E-state index contributed by atoms with van der Waals surface area (Å²) >= 11 is 4.40. The first-order chi connectivity index (χ1) is 11.0. The molecule has 0 radical (unpaired) electrons. The Labute approximate surface area is 163 Å². The molecular formula is C17H18I2N2O2. The van der Waals surface area contributed by atoms with Gasteiger partial charge in [0.25, 0.3) is 5.91 Å². The third kappa shape index (κ3) is 5.61. The molecule has 0 saturated carbocycles. The quantitative estimate of drug-likeness (QED) is 0.432. The maximum Gasteiger partial charge on any atom is 0.265 e. The van der Waals surface area contributed by atoms with Crippen LogP contribution in [0.4, 0.5) is 0 Å². The van der Waals surface area contributed by atoms with Crippen molar-refractivity contribution in [1.29, 1.82) is 0 Å². The molecule has 0 bridgehead atoms. The van der Waals surface area contributed by atoms with Gasteiger partial charge in [0.1, 0.15) is 12.4 Å². The van der Waals surface area contributed by atoms with Gasteiger partial charge in [-0.2, -0.15) is 0 Å². The van der Waals surface area contributed by atoms with Gasteiger partial charge in [0, 0.05) is 11.6 Å². The minimum absolute atomic E-state index is 0.149. The van der Waals surface area contributed by atoms with Crippen molar-refractivity contribution < 1.29 is 9.53 Å². The summed E-state index contributed by atoms with van der Waals surface area (Å²) in [6.07, 6.45) is 0. The van der Waals surface area contributed by atoms with E-state index in [0.29, 0.717) is 12.2 Å². The van der Waals surface area contributed by atoms with Gasteiger partial charge in [0.05, 0.1) is 7.14 Å². The second-order valence-electron chi connectivity index (χ2n) is 5.30. The van der Waals surface area contributed by atoms with Gasteiger partial charge in [-0.25, -0.2) is 5.43 Å². The lowest BCUT2D eigenvalue weighted by Gasteiger charge is -2.14. The van der Waals surface area contributed by atoms with Crippen molar-refractivity contribution in [2.45, 2.75) is 26.5 Å². The van der Waals surface area contributed by atoms with Crippen LogP contribution in [0.15, 0.2) is 42.5 Å². The van der Waals surface area contributed by atoms with Gasteiger partial charge in [-0.3, -0.25) is 10.2 Å². The van der Waals surface area contributed by atoms with Crippen molar-refractivity contribution in [3.05, 3.63) is 60.7 Å². The van der Waals surface area contributed by atoms with Crippen LogP contribution in [0, 0.1) is 7.14 Å². The number of amides is 1. The molecule has 2 rings (SSSR count). The largest absolute Gasteiger partial charge is 0.487 e. The predicted molar refractivity (Wildman–Crippen MR) is 108 cm³/mol. The van der Waals surface area contributed by atoms with Crippen molar-refractivity contribution in [3.8, 4) is 5.75 Å². The summed E-state index contributed by atoms with van der Waals surface area (Å²) < 4.78 is 7.76.